The molecular weight excluding hydrogens is 404 g/mol. The molecule has 1 aliphatic rings. The van der Waals surface area contributed by atoms with Crippen LogP contribution in [0.4, 0.5) is 0 Å². The van der Waals surface area contributed by atoms with Crippen LogP contribution in [0.1, 0.15) is 56.0 Å². The summed E-state index contributed by atoms with van der Waals surface area (Å²) < 4.78 is 27.0. The van der Waals surface area contributed by atoms with Crippen LogP contribution in [0.3, 0.4) is 0 Å². The number of hydrogen-bond acceptors (Lipinski definition) is 4. The molecule has 29 heavy (non-hydrogen) atoms. The Balaban J connectivity index is 1.56. The van der Waals surface area contributed by atoms with E-state index in [-0.39, 0.29) is 11.9 Å². The maximum atomic E-state index is 12.7. The van der Waals surface area contributed by atoms with Crippen LogP contribution in [-0.4, -0.2) is 31.7 Å². The third-order valence-corrected chi connectivity index (χ3v) is 8.22. The fraction of sp³-hybridized carbons (Fsp3) is 0.500. The molecule has 158 valence electrons. The fourth-order valence-electron chi connectivity index (χ4n) is 3.62. The predicted molar refractivity (Wildman–Crippen MR) is 117 cm³/mol. The van der Waals surface area contributed by atoms with Gasteiger partial charge in [0, 0.05) is 24.4 Å². The Hall–Kier alpha value is -1.70. The number of thiophene rings is 1. The Bertz CT molecular complexity index is 885. The number of nitrogens with one attached hydrogen (secondary N) is 1. The molecule has 2 heterocycles. The van der Waals surface area contributed by atoms with Gasteiger partial charge in [0.25, 0.3) is 0 Å². The number of rotatable bonds is 8. The first-order chi connectivity index (χ1) is 13.9. The first-order valence-electron chi connectivity index (χ1n) is 10.3. The summed E-state index contributed by atoms with van der Waals surface area (Å²) in [5, 5.41) is 5.16. The number of benzene rings is 1. The number of hydrogen-bond donors (Lipinski definition) is 1. The van der Waals surface area contributed by atoms with Gasteiger partial charge in [-0.2, -0.15) is 4.31 Å². The highest BCUT2D eigenvalue weighted by Crippen LogP contribution is 2.26. The number of nitrogens with zero attached hydrogens (tertiary/aromatic N) is 1. The van der Waals surface area contributed by atoms with Crippen LogP contribution >= 0.6 is 11.3 Å². The average molecular weight is 435 g/mol. The molecule has 1 aromatic heterocycles. The van der Waals surface area contributed by atoms with E-state index in [0.29, 0.717) is 36.7 Å². The molecule has 0 spiro atoms. The predicted octanol–water partition coefficient (Wildman–Crippen LogP) is 4.37. The van der Waals surface area contributed by atoms with Crippen molar-refractivity contribution in [3.63, 3.8) is 0 Å². The molecule has 7 heteroatoms. The quantitative estimate of drug-likeness (QED) is 0.671. The van der Waals surface area contributed by atoms with Gasteiger partial charge in [-0.15, -0.1) is 11.3 Å². The molecule has 1 aliphatic heterocycles. The SMILES string of the molecule is CC(C)[C@H](NC(=O)CCc1ccc(S(=O)(=O)N2CCCCC2)cc1)c1cccs1. The van der Waals surface area contributed by atoms with E-state index in [0.717, 1.165) is 24.8 Å². The van der Waals surface area contributed by atoms with Crippen LogP contribution in [0.15, 0.2) is 46.7 Å². The maximum absolute atomic E-state index is 12.7. The Morgan fingerprint density at radius 1 is 1.10 bits per heavy atom. The molecule has 1 N–H and O–H groups in total. The summed E-state index contributed by atoms with van der Waals surface area (Å²) in [4.78, 5) is 14.0. The van der Waals surface area contributed by atoms with E-state index in [1.165, 1.54) is 4.88 Å². The molecule has 0 bridgehead atoms. The van der Waals surface area contributed by atoms with Gasteiger partial charge >= 0.3 is 0 Å². The summed E-state index contributed by atoms with van der Waals surface area (Å²) in [5.74, 6) is 0.332. The molecule has 1 saturated heterocycles. The van der Waals surface area contributed by atoms with Crippen LogP contribution < -0.4 is 5.32 Å². The van der Waals surface area contributed by atoms with Crippen molar-refractivity contribution in [2.75, 3.05) is 13.1 Å². The number of amides is 1. The third-order valence-electron chi connectivity index (χ3n) is 5.35. The Kier molecular flexibility index (Phi) is 7.49. The maximum Gasteiger partial charge on any atom is 0.243 e. The summed E-state index contributed by atoms with van der Waals surface area (Å²) in [6.07, 6.45) is 3.92. The lowest BCUT2D eigenvalue weighted by molar-refractivity contribution is -0.122. The van der Waals surface area contributed by atoms with E-state index in [2.05, 4.69) is 25.2 Å². The van der Waals surface area contributed by atoms with Crippen LogP contribution in [0, 0.1) is 5.92 Å². The average Bonchev–Trinajstić information content (AvgIpc) is 3.25. The highest BCUT2D eigenvalue weighted by atomic mass is 32.2. The number of carbonyl (C=O) groups is 1. The van der Waals surface area contributed by atoms with E-state index in [1.807, 2.05) is 23.6 Å². The molecule has 0 saturated carbocycles. The summed E-state index contributed by atoms with van der Waals surface area (Å²) in [6.45, 7) is 5.41. The van der Waals surface area contributed by atoms with Gasteiger partial charge in [0.15, 0.2) is 0 Å². The second-order valence-corrected chi connectivity index (χ2v) is 10.8. The summed E-state index contributed by atoms with van der Waals surface area (Å²) in [5.41, 5.74) is 0.968. The number of carbonyl (C=O) groups excluding carboxylic acids is 1. The van der Waals surface area contributed by atoms with E-state index < -0.39 is 10.0 Å². The monoisotopic (exact) mass is 434 g/mol. The minimum Gasteiger partial charge on any atom is -0.348 e. The van der Waals surface area contributed by atoms with Gasteiger partial charge in [-0.1, -0.05) is 38.5 Å². The van der Waals surface area contributed by atoms with Gasteiger partial charge in [0.2, 0.25) is 15.9 Å². The van der Waals surface area contributed by atoms with Gasteiger partial charge in [0.1, 0.15) is 0 Å². The summed E-state index contributed by atoms with van der Waals surface area (Å²) >= 11 is 1.66. The van der Waals surface area contributed by atoms with Crippen molar-refractivity contribution >= 4 is 27.3 Å². The second kappa shape index (κ2) is 9.87. The molecule has 1 aromatic carbocycles. The minimum absolute atomic E-state index is 0.0158. The normalized spacial score (nSPS) is 16.7. The van der Waals surface area contributed by atoms with Gasteiger partial charge in [0.05, 0.1) is 10.9 Å². The topological polar surface area (TPSA) is 66.5 Å². The lowest BCUT2D eigenvalue weighted by Crippen LogP contribution is -2.35. The van der Waals surface area contributed by atoms with Crippen LogP contribution in [0.2, 0.25) is 0 Å². The molecule has 1 atom stereocenters. The molecule has 1 fully saturated rings. The van der Waals surface area contributed by atoms with Gasteiger partial charge in [-0.3, -0.25) is 4.79 Å². The number of aryl methyl sites for hydroxylation is 1. The molecule has 0 radical (unpaired) electrons. The van der Waals surface area contributed by atoms with Gasteiger partial charge < -0.3 is 5.32 Å². The Morgan fingerprint density at radius 3 is 2.38 bits per heavy atom. The van der Waals surface area contributed by atoms with Crippen LogP contribution in [-0.2, 0) is 21.2 Å². The molecule has 1 amide bonds. The van der Waals surface area contributed by atoms with Crippen molar-refractivity contribution in [1.82, 2.24) is 9.62 Å². The van der Waals surface area contributed by atoms with Crippen molar-refractivity contribution in [2.45, 2.75) is 56.9 Å². The van der Waals surface area contributed by atoms with Crippen molar-refractivity contribution in [3.05, 3.63) is 52.2 Å². The Morgan fingerprint density at radius 2 is 1.79 bits per heavy atom. The standard InChI is InChI=1S/C22H30N2O3S2/c1-17(2)22(20-7-6-16-28-20)23-21(25)13-10-18-8-11-19(12-9-18)29(26,27)24-14-4-3-5-15-24/h6-9,11-12,16-17,22H,3-5,10,13-15H2,1-2H3,(H,23,25)/t22-/m0/s1. The molecule has 5 nitrogen and oxygen atoms in total. The zero-order valence-electron chi connectivity index (χ0n) is 17.1. The van der Waals surface area contributed by atoms with E-state index in [1.54, 1.807) is 27.8 Å². The molecular formula is C22H30N2O3S2. The lowest BCUT2D eigenvalue weighted by atomic mass is 10.0. The van der Waals surface area contributed by atoms with E-state index in [9.17, 15) is 13.2 Å². The molecule has 3 rings (SSSR count). The lowest BCUT2D eigenvalue weighted by Gasteiger charge is -2.25. The highest BCUT2D eigenvalue weighted by Gasteiger charge is 2.25. The molecule has 0 unspecified atom stereocenters. The third kappa shape index (κ3) is 5.68. The van der Waals surface area contributed by atoms with Crippen molar-refractivity contribution in [2.24, 2.45) is 5.92 Å². The smallest absolute Gasteiger partial charge is 0.243 e. The zero-order chi connectivity index (χ0) is 20.9. The summed E-state index contributed by atoms with van der Waals surface area (Å²) in [6, 6.07) is 11.1. The Labute approximate surface area is 178 Å². The van der Waals surface area contributed by atoms with Crippen molar-refractivity contribution < 1.29 is 13.2 Å². The zero-order valence-corrected chi connectivity index (χ0v) is 18.8. The van der Waals surface area contributed by atoms with E-state index in [4.69, 9.17) is 0 Å². The second-order valence-electron chi connectivity index (χ2n) is 7.91. The number of piperidine rings is 1. The molecule has 2 aromatic rings. The number of sulfonamides is 1. The first-order valence-corrected chi connectivity index (χ1v) is 12.6. The van der Waals surface area contributed by atoms with Crippen molar-refractivity contribution in [1.29, 1.82) is 0 Å². The first kappa shape index (κ1) is 22.0. The summed E-state index contributed by atoms with van der Waals surface area (Å²) in [7, 11) is -3.41. The minimum atomic E-state index is -3.41. The van der Waals surface area contributed by atoms with Crippen LogP contribution in [0.25, 0.3) is 0 Å². The largest absolute Gasteiger partial charge is 0.348 e. The fourth-order valence-corrected chi connectivity index (χ4v) is 6.09. The van der Waals surface area contributed by atoms with Gasteiger partial charge in [-0.05, 0) is 54.3 Å². The highest BCUT2D eigenvalue weighted by molar-refractivity contribution is 7.89. The van der Waals surface area contributed by atoms with E-state index >= 15 is 0 Å². The van der Waals surface area contributed by atoms with Crippen molar-refractivity contribution in [3.8, 4) is 0 Å². The van der Waals surface area contributed by atoms with Crippen LogP contribution in [0.5, 0.6) is 0 Å². The van der Waals surface area contributed by atoms with Gasteiger partial charge in [-0.25, -0.2) is 8.42 Å². The molecule has 0 aliphatic carbocycles.